The Balaban J connectivity index is 2.14. The van der Waals surface area contributed by atoms with E-state index in [2.05, 4.69) is 31.0 Å². The average Bonchev–Trinajstić information content (AvgIpc) is 2.59. The van der Waals surface area contributed by atoms with Crippen molar-refractivity contribution in [1.29, 1.82) is 0 Å². The van der Waals surface area contributed by atoms with E-state index in [4.69, 9.17) is 0 Å². The van der Waals surface area contributed by atoms with Crippen LogP contribution in [0, 0.1) is 0 Å². The van der Waals surface area contributed by atoms with Gasteiger partial charge in [0.2, 0.25) is 6.34 Å². The zero-order chi connectivity index (χ0) is 6.81. The molecule has 0 saturated carbocycles. The topological polar surface area (TPSA) is 66.3 Å². The lowest BCUT2D eigenvalue weighted by atomic mass is 11.2. The first kappa shape index (κ1) is 5.86. The van der Waals surface area contributed by atoms with Crippen LogP contribution in [-0.4, -0.2) is 21.1 Å². The third kappa shape index (κ3) is 0.907. The molecule has 0 unspecified atom stereocenters. The minimum Gasteiger partial charge on any atom is -0.264 e. The van der Waals surface area contributed by atoms with Gasteiger partial charge in [-0.3, -0.25) is 5.43 Å². The minimum atomic E-state index is 0.666. The molecule has 6 nitrogen and oxygen atoms in total. The Labute approximate surface area is 64.7 Å². The molecule has 0 saturated heterocycles. The second kappa shape index (κ2) is 2.39. The highest BCUT2D eigenvalue weighted by Crippen LogP contribution is 2.21. The van der Waals surface area contributed by atoms with Gasteiger partial charge in [0, 0.05) is 11.5 Å². The number of anilines is 1. The summed E-state index contributed by atoms with van der Waals surface area (Å²) < 4.78 is 8.91. The SMILES string of the molecule is [C]1=NSN(c2nnns2)N1. The number of hydrogen-bond acceptors (Lipinski definition) is 8. The lowest BCUT2D eigenvalue weighted by Gasteiger charge is -2.06. The fourth-order valence-corrected chi connectivity index (χ4v) is 1.33. The van der Waals surface area contributed by atoms with E-state index in [1.807, 2.05) is 0 Å². The standard InChI is InChI=1S/C2HN6S2/c1-3-8(10-4-1)2-5-6-7-9-2/h(H,3,4). The van der Waals surface area contributed by atoms with Crippen LogP contribution in [0.5, 0.6) is 0 Å². The third-order valence-corrected chi connectivity index (χ3v) is 2.08. The molecule has 1 aliphatic heterocycles. The Morgan fingerprint density at radius 1 is 1.60 bits per heavy atom. The Hall–Kier alpha value is -0.890. The second-order valence-corrected chi connectivity index (χ2v) is 2.76. The molecule has 2 heterocycles. The van der Waals surface area contributed by atoms with E-state index in [1.165, 1.54) is 23.7 Å². The Morgan fingerprint density at radius 2 is 2.60 bits per heavy atom. The molecule has 1 radical (unpaired) electrons. The summed E-state index contributed by atoms with van der Waals surface area (Å²) in [6, 6.07) is 0. The maximum Gasteiger partial charge on any atom is 0.258 e. The van der Waals surface area contributed by atoms with Crippen molar-refractivity contribution in [3.8, 4) is 0 Å². The van der Waals surface area contributed by atoms with Gasteiger partial charge in [-0.1, -0.05) is 9.59 Å². The molecule has 1 N–H and O–H groups in total. The number of aromatic nitrogens is 3. The number of hydrazine groups is 1. The third-order valence-electron chi connectivity index (χ3n) is 0.783. The fourth-order valence-electron chi connectivity index (χ4n) is 0.437. The van der Waals surface area contributed by atoms with E-state index >= 15 is 0 Å². The Bertz CT molecular complexity index is 222. The van der Waals surface area contributed by atoms with Gasteiger partial charge < -0.3 is 0 Å². The van der Waals surface area contributed by atoms with E-state index < -0.39 is 0 Å². The van der Waals surface area contributed by atoms with Crippen molar-refractivity contribution < 1.29 is 0 Å². The zero-order valence-electron chi connectivity index (χ0n) is 4.55. The molecule has 1 aromatic rings. The first-order valence-corrected chi connectivity index (χ1v) is 3.80. The second-order valence-electron chi connectivity index (χ2n) is 1.34. The molecule has 1 aromatic heterocycles. The van der Waals surface area contributed by atoms with Gasteiger partial charge in [-0.25, -0.2) is 0 Å². The van der Waals surface area contributed by atoms with Crippen molar-refractivity contribution in [3.05, 3.63) is 0 Å². The van der Waals surface area contributed by atoms with Gasteiger partial charge >= 0.3 is 0 Å². The van der Waals surface area contributed by atoms with Crippen LogP contribution >= 0.6 is 23.7 Å². The van der Waals surface area contributed by atoms with E-state index in [0.717, 1.165) is 0 Å². The summed E-state index contributed by atoms with van der Waals surface area (Å²) in [5.74, 6) is 0. The van der Waals surface area contributed by atoms with Crippen molar-refractivity contribution in [2.45, 2.75) is 0 Å². The van der Waals surface area contributed by atoms with Crippen LogP contribution < -0.4 is 9.84 Å². The van der Waals surface area contributed by atoms with Crippen LogP contribution in [-0.2, 0) is 0 Å². The van der Waals surface area contributed by atoms with Crippen molar-refractivity contribution in [3.63, 3.8) is 0 Å². The summed E-state index contributed by atoms with van der Waals surface area (Å²) in [5.41, 5.74) is 2.71. The number of rotatable bonds is 1. The van der Waals surface area contributed by atoms with Gasteiger partial charge in [0.25, 0.3) is 5.13 Å². The summed E-state index contributed by atoms with van der Waals surface area (Å²) in [5, 5.41) is 7.78. The number of nitrogens with one attached hydrogen (secondary N) is 1. The first-order valence-electron chi connectivity index (χ1n) is 2.30. The highest BCUT2D eigenvalue weighted by molar-refractivity contribution is 7.99. The number of hydrogen-bond donors (Lipinski definition) is 1. The van der Waals surface area contributed by atoms with Crippen molar-refractivity contribution in [1.82, 2.24) is 20.2 Å². The maximum atomic E-state index is 3.71. The molecule has 0 amide bonds. The zero-order valence-corrected chi connectivity index (χ0v) is 6.19. The van der Waals surface area contributed by atoms with E-state index in [1.54, 1.807) is 4.41 Å². The predicted molar refractivity (Wildman–Crippen MR) is 38.3 cm³/mol. The summed E-state index contributed by atoms with van der Waals surface area (Å²) >= 11 is 2.39. The molecule has 2 rings (SSSR count). The van der Waals surface area contributed by atoms with Crippen LogP contribution in [0.25, 0.3) is 0 Å². The van der Waals surface area contributed by atoms with E-state index in [9.17, 15) is 0 Å². The van der Waals surface area contributed by atoms with Crippen LogP contribution in [0.2, 0.25) is 0 Å². The molecule has 1 aliphatic rings. The lowest BCUT2D eigenvalue weighted by Crippen LogP contribution is -2.25. The van der Waals surface area contributed by atoms with Gasteiger partial charge in [0.15, 0.2) is 0 Å². The highest BCUT2D eigenvalue weighted by atomic mass is 32.2. The summed E-state index contributed by atoms with van der Waals surface area (Å²) in [6.07, 6.45) is 2.54. The molecule has 10 heavy (non-hydrogen) atoms. The van der Waals surface area contributed by atoms with Crippen LogP contribution in [0.4, 0.5) is 5.13 Å². The summed E-state index contributed by atoms with van der Waals surface area (Å²) in [7, 11) is 0. The molecule has 51 valence electrons. The van der Waals surface area contributed by atoms with Gasteiger partial charge in [0.1, 0.15) is 12.1 Å². The average molecular weight is 173 g/mol. The molecule has 0 bridgehead atoms. The minimum absolute atomic E-state index is 0.666. The quantitative estimate of drug-likeness (QED) is 0.589. The van der Waals surface area contributed by atoms with Crippen LogP contribution in [0.15, 0.2) is 4.40 Å². The predicted octanol–water partition coefficient (Wildman–Crippen LogP) is -0.274. The van der Waals surface area contributed by atoms with E-state index in [-0.39, 0.29) is 0 Å². The van der Waals surface area contributed by atoms with Crippen molar-refractivity contribution >= 4 is 35.1 Å². The van der Waals surface area contributed by atoms with Crippen molar-refractivity contribution in [2.75, 3.05) is 4.41 Å². The Kier molecular flexibility index (Phi) is 1.40. The smallest absolute Gasteiger partial charge is 0.258 e. The molecule has 0 fully saturated rings. The van der Waals surface area contributed by atoms with Crippen LogP contribution in [0.1, 0.15) is 0 Å². The molecule has 8 heteroatoms. The monoisotopic (exact) mass is 173 g/mol. The molecular formula is C2HN6S2. The molecular weight excluding hydrogens is 172 g/mol. The fraction of sp³-hybridized carbons (Fsp3) is 0. The van der Waals surface area contributed by atoms with Crippen molar-refractivity contribution in [2.24, 2.45) is 4.40 Å². The highest BCUT2D eigenvalue weighted by Gasteiger charge is 2.13. The normalized spacial score (nSPS) is 15.8. The van der Waals surface area contributed by atoms with E-state index in [0.29, 0.717) is 5.13 Å². The Morgan fingerprint density at radius 3 is 3.20 bits per heavy atom. The van der Waals surface area contributed by atoms with Crippen LogP contribution in [0.3, 0.4) is 0 Å². The maximum absolute atomic E-state index is 3.71. The number of nitrogens with zero attached hydrogens (tertiary/aromatic N) is 5. The summed E-state index contributed by atoms with van der Waals surface area (Å²) in [4.78, 5) is 0. The van der Waals surface area contributed by atoms with Gasteiger partial charge in [-0.2, -0.15) is 8.81 Å². The van der Waals surface area contributed by atoms with Gasteiger partial charge in [-0.05, 0) is 5.21 Å². The molecule has 0 atom stereocenters. The van der Waals surface area contributed by atoms with Gasteiger partial charge in [0.05, 0.1) is 0 Å². The largest absolute Gasteiger partial charge is 0.264 e. The summed E-state index contributed by atoms with van der Waals surface area (Å²) in [6.45, 7) is 0. The lowest BCUT2D eigenvalue weighted by molar-refractivity contribution is 0.930. The molecule has 0 spiro atoms. The first-order chi connectivity index (χ1) is 4.97. The van der Waals surface area contributed by atoms with Gasteiger partial charge in [-0.15, -0.1) is 0 Å². The molecule has 0 aromatic carbocycles. The molecule has 0 aliphatic carbocycles.